The van der Waals surface area contributed by atoms with Gasteiger partial charge in [-0.3, -0.25) is 0 Å². The first-order valence-corrected chi connectivity index (χ1v) is 20.9. The van der Waals surface area contributed by atoms with Crippen molar-refractivity contribution in [2.24, 2.45) is 0 Å². The summed E-state index contributed by atoms with van der Waals surface area (Å²) in [5.41, 5.74) is 38.0. The fraction of sp³-hybridized carbons (Fsp3) is 0.100. The molecule has 0 fully saturated rings. The SMILES string of the molecule is COc1c(OC)c2ccc3cc2c2cc(ccc12)=C=C=C=C=c1ccc2c(OC)c(OC)c4ccc(cc4c2c1)=C=C=C=C=c1ccc2c(OC)c(OC)c4ccc(cc4c2c1)=C=C=C=C=3. The molecule has 10 rings (SSSR count). The van der Waals surface area contributed by atoms with Crippen molar-refractivity contribution in [3.05, 3.63) is 175 Å². The highest BCUT2D eigenvalue weighted by molar-refractivity contribution is 6.16. The average Bonchev–Trinajstić information content (AvgIpc) is 3.36. The Balaban J connectivity index is 1.38. The van der Waals surface area contributed by atoms with Crippen molar-refractivity contribution in [1.29, 1.82) is 0 Å². The van der Waals surface area contributed by atoms with Gasteiger partial charge in [-0.25, -0.2) is 0 Å². The second kappa shape index (κ2) is 17.1. The van der Waals surface area contributed by atoms with Crippen LogP contribution in [0.15, 0.2) is 144 Å². The Morgan fingerprint density at radius 1 is 0.212 bits per heavy atom. The zero-order valence-electron chi connectivity index (χ0n) is 36.8. The molecule has 0 saturated heterocycles. The van der Waals surface area contributed by atoms with Gasteiger partial charge in [0.15, 0.2) is 34.5 Å². The Labute approximate surface area is 378 Å². The van der Waals surface area contributed by atoms with Crippen LogP contribution in [-0.2, 0) is 0 Å². The van der Waals surface area contributed by atoms with Crippen LogP contribution in [0.3, 0.4) is 0 Å². The van der Waals surface area contributed by atoms with Crippen molar-refractivity contribution in [2.45, 2.75) is 0 Å². The number of fused-ring (bicyclic) bond motifs is 6. The summed E-state index contributed by atoms with van der Waals surface area (Å²) in [5.74, 6) is 3.84. The molecule has 0 heterocycles. The molecule has 0 saturated carbocycles. The molecule has 0 amide bonds. The minimum Gasteiger partial charge on any atom is -0.492 e. The molecule has 1 aliphatic carbocycles. The lowest BCUT2D eigenvalue weighted by Gasteiger charge is -2.15. The summed E-state index contributed by atoms with van der Waals surface area (Å²) in [5, 5.41) is 15.7. The van der Waals surface area contributed by atoms with Crippen LogP contribution in [0.1, 0.15) is 0 Å². The molecule has 12 bridgehead atoms. The maximum Gasteiger partial charge on any atom is 0.169 e. The van der Waals surface area contributed by atoms with Crippen LogP contribution in [0.25, 0.3) is 99.0 Å². The molecule has 6 nitrogen and oxygen atoms in total. The topological polar surface area (TPSA) is 55.4 Å². The Kier molecular flexibility index (Phi) is 10.6. The van der Waals surface area contributed by atoms with Crippen molar-refractivity contribution in [1.82, 2.24) is 0 Å². The van der Waals surface area contributed by atoms with Crippen LogP contribution in [0.4, 0.5) is 0 Å². The molecule has 9 aromatic carbocycles. The van der Waals surface area contributed by atoms with Crippen molar-refractivity contribution in [3.63, 3.8) is 0 Å². The van der Waals surface area contributed by atoms with Gasteiger partial charge in [0.25, 0.3) is 0 Å². The molecule has 0 atom stereocenters. The maximum absolute atomic E-state index is 5.91. The predicted molar refractivity (Wildman–Crippen MR) is 263 cm³/mol. The van der Waals surface area contributed by atoms with E-state index in [9.17, 15) is 0 Å². The quantitative estimate of drug-likeness (QED) is 0.125. The molecular formula is C60H36O6. The first kappa shape index (κ1) is 40.8. The Morgan fingerprint density at radius 2 is 0.364 bits per heavy atom. The molecular weight excluding hydrogens is 817 g/mol. The van der Waals surface area contributed by atoms with E-state index in [0.717, 1.165) is 95.9 Å². The third-order valence-electron chi connectivity index (χ3n) is 11.7. The first-order chi connectivity index (χ1) is 32.4. The van der Waals surface area contributed by atoms with Crippen molar-refractivity contribution in [2.75, 3.05) is 42.7 Å². The fourth-order valence-corrected chi connectivity index (χ4v) is 8.83. The van der Waals surface area contributed by atoms with Crippen molar-refractivity contribution >= 4 is 99.0 Å². The second-order valence-electron chi connectivity index (χ2n) is 15.3. The van der Waals surface area contributed by atoms with Gasteiger partial charge in [-0.1, -0.05) is 34.4 Å². The van der Waals surface area contributed by atoms with Gasteiger partial charge in [0.2, 0.25) is 0 Å². The molecule has 0 unspecified atom stereocenters. The van der Waals surface area contributed by atoms with Crippen molar-refractivity contribution < 1.29 is 28.4 Å². The molecule has 66 heavy (non-hydrogen) atoms. The zero-order chi connectivity index (χ0) is 45.3. The van der Waals surface area contributed by atoms with E-state index in [2.05, 4.69) is 105 Å². The lowest BCUT2D eigenvalue weighted by molar-refractivity contribution is 0.362. The van der Waals surface area contributed by atoms with Gasteiger partial charge in [0.05, 0.1) is 42.7 Å². The minimum absolute atomic E-state index is 0.641. The molecule has 1 aliphatic rings. The Bertz CT molecular complexity index is 3710. The molecule has 0 N–H and O–H groups in total. The molecule has 0 aliphatic heterocycles. The fourth-order valence-electron chi connectivity index (χ4n) is 8.83. The largest absolute Gasteiger partial charge is 0.492 e. The zero-order valence-corrected chi connectivity index (χ0v) is 36.8. The summed E-state index contributed by atoms with van der Waals surface area (Å²) in [6.07, 6.45) is 0. The van der Waals surface area contributed by atoms with Crippen LogP contribution in [0.5, 0.6) is 34.5 Å². The summed E-state index contributed by atoms with van der Waals surface area (Å²) in [4.78, 5) is 0. The van der Waals surface area contributed by atoms with Gasteiger partial charge >= 0.3 is 0 Å². The lowest BCUT2D eigenvalue weighted by Crippen LogP contribution is -2.02. The van der Waals surface area contributed by atoms with Gasteiger partial charge in [0, 0.05) is 63.6 Å². The number of hydrogen-bond acceptors (Lipinski definition) is 6. The highest BCUT2D eigenvalue weighted by Gasteiger charge is 2.18. The normalized spacial score (nSPS) is 11.2. The van der Waals surface area contributed by atoms with E-state index in [1.165, 1.54) is 0 Å². The van der Waals surface area contributed by atoms with Crippen LogP contribution in [0, 0.1) is 0 Å². The Morgan fingerprint density at radius 3 is 0.500 bits per heavy atom. The minimum atomic E-state index is 0.641. The highest BCUT2D eigenvalue weighted by atomic mass is 16.5. The average molecular weight is 853 g/mol. The number of benzene rings is 9. The van der Waals surface area contributed by atoms with Gasteiger partial charge in [0.1, 0.15) is 0 Å². The summed E-state index contributed by atoms with van der Waals surface area (Å²) < 4.78 is 35.5. The standard InChI is InChI=1S/C60H36O6/c1-61-55-43-25-19-37-13-7-8-15-39-21-27-45-51(33-39)53-35-41(23-29-47(53)59(65-5)57(45)63-3)17-11-12-18-42-24-30-48-54(36-42)52-34-40(22-28-46(52)58(64-4)60(48)66-6)16-10-9-14-38-20-26-44(56(55)62-2)50(32-38)49(43)31-37/h19-36H,1-6H3. The molecule has 0 radical (unpaired) electrons. The smallest absolute Gasteiger partial charge is 0.169 e. The second-order valence-corrected chi connectivity index (χ2v) is 15.3. The maximum atomic E-state index is 5.91. The monoisotopic (exact) mass is 852 g/mol. The molecule has 0 aromatic heterocycles. The molecule has 9 aromatic rings. The number of hydrogen-bond donors (Lipinski definition) is 0. The Hall–Kier alpha value is -9.30. The predicted octanol–water partition coefficient (Wildman–Crippen LogP) is 7.95. The van der Waals surface area contributed by atoms with E-state index in [-0.39, 0.29) is 0 Å². The number of methoxy groups -OCH3 is 6. The number of rotatable bonds is 6. The van der Waals surface area contributed by atoms with Crippen molar-refractivity contribution in [3.8, 4) is 34.5 Å². The summed E-state index contributed by atoms with van der Waals surface area (Å²) in [6.45, 7) is 0. The summed E-state index contributed by atoms with van der Waals surface area (Å²) >= 11 is 0. The molecule has 312 valence electrons. The van der Waals surface area contributed by atoms with E-state index in [4.69, 9.17) is 28.4 Å². The number of ether oxygens (including phenoxy) is 6. The third-order valence-corrected chi connectivity index (χ3v) is 11.7. The van der Waals surface area contributed by atoms with Crippen LogP contribution >= 0.6 is 0 Å². The van der Waals surface area contributed by atoms with E-state index in [0.29, 0.717) is 34.5 Å². The van der Waals surface area contributed by atoms with E-state index in [1.807, 2.05) is 72.8 Å². The van der Waals surface area contributed by atoms with Gasteiger partial charge < -0.3 is 28.4 Å². The summed E-state index contributed by atoms with van der Waals surface area (Å²) in [6, 6.07) is 36.1. The van der Waals surface area contributed by atoms with E-state index < -0.39 is 0 Å². The van der Waals surface area contributed by atoms with Crippen LogP contribution < -0.4 is 59.7 Å². The van der Waals surface area contributed by atoms with Gasteiger partial charge in [-0.15, -0.1) is 0 Å². The third kappa shape index (κ3) is 7.04. The van der Waals surface area contributed by atoms with E-state index >= 15 is 0 Å². The first-order valence-electron chi connectivity index (χ1n) is 20.9. The lowest BCUT2D eigenvalue weighted by atomic mass is 9.98. The van der Waals surface area contributed by atoms with Crippen LogP contribution in [-0.4, -0.2) is 42.7 Å². The highest BCUT2D eigenvalue weighted by Crippen LogP contribution is 2.44. The van der Waals surface area contributed by atoms with Gasteiger partial charge in [-0.2, -0.15) is 0 Å². The van der Waals surface area contributed by atoms with E-state index in [1.54, 1.807) is 42.7 Å². The van der Waals surface area contributed by atoms with Crippen LogP contribution in [0.2, 0.25) is 0 Å². The molecule has 6 heteroatoms. The molecule has 0 spiro atoms. The summed E-state index contributed by atoms with van der Waals surface area (Å²) in [7, 11) is 9.89. The van der Waals surface area contributed by atoms with Gasteiger partial charge in [-0.05, 0) is 176 Å².